The second-order valence-corrected chi connectivity index (χ2v) is 6.22. The summed E-state index contributed by atoms with van der Waals surface area (Å²) in [6.45, 7) is 8.61. The topological polar surface area (TPSA) is 41.6 Å². The van der Waals surface area contributed by atoms with Crippen molar-refractivity contribution >= 4 is 5.91 Å². The molecule has 1 amide bonds. The van der Waals surface area contributed by atoms with Crippen molar-refractivity contribution in [3.05, 3.63) is 0 Å². The van der Waals surface area contributed by atoms with Crippen molar-refractivity contribution in [3.8, 4) is 0 Å². The van der Waals surface area contributed by atoms with Crippen LogP contribution in [0.25, 0.3) is 0 Å². The van der Waals surface area contributed by atoms with Crippen LogP contribution in [0.2, 0.25) is 0 Å². The summed E-state index contributed by atoms with van der Waals surface area (Å²) in [4.78, 5) is 14.3. The van der Waals surface area contributed by atoms with Gasteiger partial charge in [-0.1, -0.05) is 13.8 Å². The highest BCUT2D eigenvalue weighted by molar-refractivity contribution is 5.78. The minimum Gasteiger partial charge on any atom is -0.375 e. The van der Waals surface area contributed by atoms with Gasteiger partial charge in [0, 0.05) is 25.2 Å². The van der Waals surface area contributed by atoms with E-state index in [9.17, 15) is 4.79 Å². The molecule has 0 bridgehead atoms. The van der Waals surface area contributed by atoms with Gasteiger partial charge in [-0.05, 0) is 45.4 Å². The number of ether oxygens (including phenoxy) is 1. The Morgan fingerprint density at radius 1 is 1.25 bits per heavy atom. The van der Waals surface area contributed by atoms with Crippen molar-refractivity contribution in [3.63, 3.8) is 0 Å². The van der Waals surface area contributed by atoms with Crippen molar-refractivity contribution < 1.29 is 9.53 Å². The predicted octanol–water partition coefficient (Wildman–Crippen LogP) is 2.32. The molecule has 1 aliphatic carbocycles. The van der Waals surface area contributed by atoms with E-state index in [2.05, 4.69) is 26.1 Å². The monoisotopic (exact) mass is 282 g/mol. The number of nitrogens with zero attached hydrogens (tertiary/aromatic N) is 1. The molecule has 0 aromatic heterocycles. The molecule has 116 valence electrons. The Balaban J connectivity index is 1.79. The summed E-state index contributed by atoms with van der Waals surface area (Å²) < 4.78 is 5.98. The highest BCUT2D eigenvalue weighted by Gasteiger charge is 2.35. The highest BCUT2D eigenvalue weighted by atomic mass is 16.5. The van der Waals surface area contributed by atoms with Crippen molar-refractivity contribution in [1.82, 2.24) is 10.2 Å². The third-order valence-electron chi connectivity index (χ3n) is 4.97. The quantitative estimate of drug-likeness (QED) is 0.779. The van der Waals surface area contributed by atoms with Gasteiger partial charge in [-0.15, -0.1) is 0 Å². The van der Waals surface area contributed by atoms with Crippen LogP contribution in [0.15, 0.2) is 0 Å². The van der Waals surface area contributed by atoms with Crippen molar-refractivity contribution in [2.24, 2.45) is 0 Å². The molecule has 0 radical (unpaired) electrons. The van der Waals surface area contributed by atoms with Crippen LogP contribution < -0.4 is 5.32 Å². The Morgan fingerprint density at radius 3 is 2.50 bits per heavy atom. The molecule has 4 nitrogen and oxygen atoms in total. The standard InChI is InChI=1S/C16H30N2O2/c1-4-16(5-2)11-13(9-10-20-16)17-12-15(19)18(6-3)14-7-8-14/h13-14,17H,4-12H2,1-3H3. The van der Waals surface area contributed by atoms with Gasteiger partial charge in [-0.3, -0.25) is 4.79 Å². The molecule has 20 heavy (non-hydrogen) atoms. The van der Waals surface area contributed by atoms with Crippen molar-refractivity contribution in [1.29, 1.82) is 0 Å². The van der Waals surface area contributed by atoms with E-state index in [0.29, 0.717) is 18.6 Å². The smallest absolute Gasteiger partial charge is 0.236 e. The summed E-state index contributed by atoms with van der Waals surface area (Å²) in [5.41, 5.74) is 0.0277. The van der Waals surface area contributed by atoms with Crippen molar-refractivity contribution in [2.45, 2.75) is 77.0 Å². The fraction of sp³-hybridized carbons (Fsp3) is 0.938. The lowest BCUT2D eigenvalue weighted by Crippen LogP contribution is -2.49. The van der Waals surface area contributed by atoms with Crippen LogP contribution >= 0.6 is 0 Å². The Morgan fingerprint density at radius 2 is 1.95 bits per heavy atom. The number of carbonyl (C=O) groups is 1. The van der Waals surface area contributed by atoms with Crippen LogP contribution in [-0.4, -0.2) is 48.2 Å². The highest BCUT2D eigenvalue weighted by Crippen LogP contribution is 2.31. The average Bonchev–Trinajstić information content (AvgIpc) is 3.31. The lowest BCUT2D eigenvalue weighted by Gasteiger charge is -2.40. The van der Waals surface area contributed by atoms with E-state index in [1.165, 1.54) is 12.8 Å². The van der Waals surface area contributed by atoms with E-state index in [1.54, 1.807) is 0 Å². The summed E-state index contributed by atoms with van der Waals surface area (Å²) in [7, 11) is 0. The van der Waals surface area contributed by atoms with Crippen molar-refractivity contribution in [2.75, 3.05) is 19.7 Å². The first-order chi connectivity index (χ1) is 9.64. The zero-order chi connectivity index (χ0) is 14.6. The molecule has 2 fully saturated rings. The van der Waals surface area contributed by atoms with Crippen LogP contribution in [0, 0.1) is 0 Å². The predicted molar refractivity (Wildman–Crippen MR) is 80.7 cm³/mol. The number of hydrogen-bond donors (Lipinski definition) is 1. The zero-order valence-corrected chi connectivity index (χ0v) is 13.3. The maximum atomic E-state index is 12.2. The minimum atomic E-state index is 0.0277. The van der Waals surface area contributed by atoms with Crippen LogP contribution in [-0.2, 0) is 9.53 Å². The summed E-state index contributed by atoms with van der Waals surface area (Å²) in [6, 6.07) is 0.944. The second kappa shape index (κ2) is 6.90. The van der Waals surface area contributed by atoms with E-state index in [0.717, 1.165) is 38.8 Å². The van der Waals surface area contributed by atoms with Crippen LogP contribution in [0.1, 0.15) is 59.3 Å². The Kier molecular flexibility index (Phi) is 5.44. The molecule has 0 aromatic carbocycles. The Bertz CT molecular complexity index is 324. The molecule has 1 saturated carbocycles. The molecule has 1 atom stereocenters. The minimum absolute atomic E-state index is 0.0277. The second-order valence-electron chi connectivity index (χ2n) is 6.22. The van der Waals surface area contributed by atoms with Gasteiger partial charge in [-0.2, -0.15) is 0 Å². The Hall–Kier alpha value is -0.610. The summed E-state index contributed by atoms with van der Waals surface area (Å²) in [5, 5.41) is 3.47. The van der Waals surface area contributed by atoms with Gasteiger partial charge in [0.05, 0.1) is 12.1 Å². The third kappa shape index (κ3) is 3.73. The summed E-state index contributed by atoms with van der Waals surface area (Å²) >= 11 is 0. The van der Waals surface area contributed by atoms with Crippen LogP contribution in [0.4, 0.5) is 0 Å². The number of rotatable bonds is 7. The fourth-order valence-corrected chi connectivity index (χ4v) is 3.30. The first-order valence-electron chi connectivity index (χ1n) is 8.31. The molecule has 2 rings (SSSR count). The molecule has 1 saturated heterocycles. The Labute approximate surface area is 123 Å². The largest absolute Gasteiger partial charge is 0.375 e. The first-order valence-corrected chi connectivity index (χ1v) is 8.31. The normalized spacial score (nSPS) is 25.4. The van der Waals surface area contributed by atoms with Crippen LogP contribution in [0.5, 0.6) is 0 Å². The van der Waals surface area contributed by atoms with Crippen LogP contribution in [0.3, 0.4) is 0 Å². The molecule has 4 heteroatoms. The van der Waals surface area contributed by atoms with Gasteiger partial charge in [0.25, 0.3) is 0 Å². The third-order valence-corrected chi connectivity index (χ3v) is 4.97. The molecule has 0 spiro atoms. The van der Waals surface area contributed by atoms with E-state index in [4.69, 9.17) is 4.74 Å². The molecular formula is C16H30N2O2. The number of carbonyl (C=O) groups excluding carboxylic acids is 1. The molecule has 1 aliphatic heterocycles. The maximum absolute atomic E-state index is 12.2. The first kappa shape index (κ1) is 15.8. The zero-order valence-electron chi connectivity index (χ0n) is 13.3. The fourth-order valence-electron chi connectivity index (χ4n) is 3.30. The van der Waals surface area contributed by atoms with Gasteiger partial charge in [-0.25, -0.2) is 0 Å². The molecule has 1 N–H and O–H groups in total. The SMILES string of the molecule is CCN(C(=O)CNC1CCOC(CC)(CC)C1)C1CC1. The van der Waals surface area contributed by atoms with Gasteiger partial charge in [0.1, 0.15) is 0 Å². The number of likely N-dealkylation sites (N-methyl/N-ethyl adjacent to an activating group) is 1. The van der Waals surface area contributed by atoms with Gasteiger partial charge >= 0.3 is 0 Å². The molecular weight excluding hydrogens is 252 g/mol. The lowest BCUT2D eigenvalue weighted by atomic mass is 9.86. The number of hydrogen-bond acceptors (Lipinski definition) is 3. The summed E-state index contributed by atoms with van der Waals surface area (Å²) in [6.07, 6.45) is 6.53. The average molecular weight is 282 g/mol. The van der Waals surface area contributed by atoms with Gasteiger partial charge in [0.15, 0.2) is 0 Å². The molecule has 1 unspecified atom stereocenters. The van der Waals surface area contributed by atoms with E-state index >= 15 is 0 Å². The maximum Gasteiger partial charge on any atom is 0.236 e. The number of nitrogens with one attached hydrogen (secondary N) is 1. The van der Waals surface area contributed by atoms with E-state index < -0.39 is 0 Å². The lowest BCUT2D eigenvalue weighted by molar-refractivity contribution is -0.131. The van der Waals surface area contributed by atoms with E-state index in [1.807, 2.05) is 4.90 Å². The molecule has 0 aromatic rings. The molecule has 2 aliphatic rings. The van der Waals surface area contributed by atoms with Gasteiger partial charge < -0.3 is 15.0 Å². The summed E-state index contributed by atoms with van der Waals surface area (Å²) in [5.74, 6) is 0.264. The van der Waals surface area contributed by atoms with Gasteiger partial charge in [0.2, 0.25) is 5.91 Å². The van der Waals surface area contributed by atoms with E-state index in [-0.39, 0.29) is 11.5 Å². The number of amides is 1. The molecule has 1 heterocycles.